The largest absolute Gasteiger partial charge is 0.384 e. The molecular weight excluding hydrogens is 416 g/mol. The van der Waals surface area contributed by atoms with E-state index in [4.69, 9.17) is 4.74 Å². The number of aromatic nitrogens is 1. The van der Waals surface area contributed by atoms with Crippen LogP contribution in [0.3, 0.4) is 0 Å². The van der Waals surface area contributed by atoms with E-state index >= 15 is 0 Å². The Hall–Kier alpha value is -3.19. The van der Waals surface area contributed by atoms with Crippen molar-refractivity contribution in [2.45, 2.75) is 38.5 Å². The van der Waals surface area contributed by atoms with Gasteiger partial charge in [0.2, 0.25) is 5.91 Å². The fraction of sp³-hybridized carbons (Fsp3) is 0.423. The molecule has 2 heterocycles. The number of H-pyrrole nitrogens is 1. The average Bonchev–Trinajstić information content (AvgIpc) is 3.20. The van der Waals surface area contributed by atoms with Gasteiger partial charge in [-0.2, -0.15) is 0 Å². The zero-order valence-electron chi connectivity index (χ0n) is 19.2. The molecule has 1 aliphatic carbocycles. The molecular formula is C26H32N4O3. The van der Waals surface area contributed by atoms with Crippen molar-refractivity contribution in [3.63, 3.8) is 0 Å². The third-order valence-electron chi connectivity index (χ3n) is 6.22. The van der Waals surface area contributed by atoms with Crippen LogP contribution in [0.25, 0.3) is 5.57 Å². The molecule has 3 N–H and O–H groups in total. The van der Waals surface area contributed by atoms with Crippen LogP contribution in [0, 0.1) is 5.92 Å². The van der Waals surface area contributed by atoms with Crippen LogP contribution in [0.1, 0.15) is 53.8 Å². The Bertz CT molecular complexity index is 1040. The lowest BCUT2D eigenvalue weighted by atomic mass is 9.83. The van der Waals surface area contributed by atoms with Gasteiger partial charge in [-0.3, -0.25) is 14.6 Å². The molecule has 2 aliphatic rings. The molecule has 1 aromatic carbocycles. The molecule has 0 bridgehead atoms. The van der Waals surface area contributed by atoms with Gasteiger partial charge >= 0.3 is 0 Å². The number of anilines is 2. The summed E-state index contributed by atoms with van der Waals surface area (Å²) in [5.41, 5.74) is 5.81. The molecule has 0 fully saturated rings. The third-order valence-corrected chi connectivity index (χ3v) is 6.22. The van der Waals surface area contributed by atoms with E-state index in [2.05, 4.69) is 20.6 Å². The number of dihydropyridines is 1. The number of ketones is 1. The predicted octanol–water partition coefficient (Wildman–Crippen LogP) is 4.29. The number of ether oxygens (including phenoxy) is 1. The van der Waals surface area contributed by atoms with Gasteiger partial charge in [0.05, 0.1) is 23.6 Å². The number of methoxy groups -OCH3 is 1. The van der Waals surface area contributed by atoms with Crippen molar-refractivity contribution < 1.29 is 14.3 Å². The third kappa shape index (κ3) is 5.79. The second-order valence-corrected chi connectivity index (χ2v) is 8.65. The van der Waals surface area contributed by atoms with Crippen LogP contribution in [0.15, 0.2) is 41.4 Å². The van der Waals surface area contributed by atoms with E-state index in [9.17, 15) is 9.59 Å². The first kappa shape index (κ1) is 23.0. The molecule has 2 aromatic rings. The SMILES string of the molecule is COCCC(=O)NCCCC1CC(=O)c2c([nH]c(C3=CC=NCC3)c2Nc2ccccc2)C1. The molecule has 1 atom stereocenters. The van der Waals surface area contributed by atoms with E-state index in [1.165, 1.54) is 5.57 Å². The van der Waals surface area contributed by atoms with E-state index < -0.39 is 0 Å². The molecule has 174 valence electrons. The highest BCUT2D eigenvalue weighted by atomic mass is 16.5. The van der Waals surface area contributed by atoms with Crippen LogP contribution in [0.4, 0.5) is 11.4 Å². The highest BCUT2D eigenvalue weighted by molar-refractivity contribution is 6.07. The van der Waals surface area contributed by atoms with Crippen LogP contribution in [-0.2, 0) is 16.0 Å². The molecule has 33 heavy (non-hydrogen) atoms. The highest BCUT2D eigenvalue weighted by Gasteiger charge is 2.32. The first-order valence-electron chi connectivity index (χ1n) is 11.7. The van der Waals surface area contributed by atoms with Gasteiger partial charge in [0.15, 0.2) is 5.78 Å². The summed E-state index contributed by atoms with van der Waals surface area (Å²) in [6.07, 6.45) is 8.23. The van der Waals surface area contributed by atoms with Crippen molar-refractivity contribution in [2.24, 2.45) is 10.9 Å². The number of allylic oxidation sites excluding steroid dienone is 1. The number of fused-ring (bicyclic) bond motifs is 1. The van der Waals surface area contributed by atoms with E-state index in [-0.39, 0.29) is 17.6 Å². The summed E-state index contributed by atoms with van der Waals surface area (Å²) in [5, 5.41) is 6.44. The minimum atomic E-state index is 0.00814. The summed E-state index contributed by atoms with van der Waals surface area (Å²) in [4.78, 5) is 32.9. The standard InChI is InChI=1S/C26H32N4O3/c1-33-15-11-23(32)28-12-5-6-18-16-21-24(22(31)17-18)26(29-20-7-3-2-4-8-20)25(30-21)19-9-13-27-14-10-19/h2-4,7-9,13,18,29-30H,5-6,10-12,14-17H2,1H3,(H,28,32). The maximum atomic E-state index is 13.3. The number of hydrogen-bond acceptors (Lipinski definition) is 5. The van der Waals surface area contributed by atoms with Crippen molar-refractivity contribution in [2.75, 3.05) is 32.1 Å². The number of carbonyl (C=O) groups is 2. The van der Waals surface area contributed by atoms with Gasteiger partial charge in [-0.25, -0.2) is 0 Å². The molecule has 4 rings (SSSR count). The van der Waals surface area contributed by atoms with Gasteiger partial charge in [-0.15, -0.1) is 0 Å². The molecule has 7 heteroatoms. The number of hydrogen-bond donors (Lipinski definition) is 3. The van der Waals surface area contributed by atoms with Gasteiger partial charge in [0.1, 0.15) is 0 Å². The molecule has 1 aromatic heterocycles. The van der Waals surface area contributed by atoms with E-state index in [0.717, 1.165) is 60.6 Å². The molecule has 1 amide bonds. The normalized spacial score (nSPS) is 17.4. The van der Waals surface area contributed by atoms with Gasteiger partial charge < -0.3 is 20.4 Å². The second kappa shape index (κ2) is 11.1. The number of Topliss-reactive ketones (excluding diaryl/α,β-unsaturated/α-hetero) is 1. The number of aromatic amines is 1. The molecule has 0 saturated carbocycles. The number of aliphatic imine (C=N–C) groups is 1. The molecule has 0 radical (unpaired) electrons. The second-order valence-electron chi connectivity index (χ2n) is 8.65. The van der Waals surface area contributed by atoms with Crippen molar-refractivity contribution in [3.8, 4) is 0 Å². The fourth-order valence-electron chi connectivity index (χ4n) is 4.57. The van der Waals surface area contributed by atoms with Crippen LogP contribution in [0.2, 0.25) is 0 Å². The van der Waals surface area contributed by atoms with Crippen molar-refractivity contribution >= 4 is 34.9 Å². The minimum absolute atomic E-state index is 0.00814. The highest BCUT2D eigenvalue weighted by Crippen LogP contribution is 2.39. The number of rotatable bonds is 10. The lowest BCUT2D eigenvalue weighted by Crippen LogP contribution is -2.26. The lowest BCUT2D eigenvalue weighted by molar-refractivity contribution is -0.121. The van der Waals surface area contributed by atoms with Crippen LogP contribution in [-0.4, -0.2) is 49.7 Å². The topological polar surface area (TPSA) is 95.6 Å². The first-order chi connectivity index (χ1) is 16.2. The summed E-state index contributed by atoms with van der Waals surface area (Å²) in [7, 11) is 1.59. The number of nitrogens with one attached hydrogen (secondary N) is 3. The van der Waals surface area contributed by atoms with Crippen molar-refractivity contribution in [1.29, 1.82) is 0 Å². The number of amides is 1. The Morgan fingerprint density at radius 1 is 1.24 bits per heavy atom. The van der Waals surface area contributed by atoms with E-state index in [0.29, 0.717) is 26.0 Å². The van der Waals surface area contributed by atoms with Gasteiger partial charge in [0.25, 0.3) is 0 Å². The van der Waals surface area contributed by atoms with Crippen molar-refractivity contribution in [1.82, 2.24) is 10.3 Å². The van der Waals surface area contributed by atoms with Gasteiger partial charge in [-0.05, 0) is 55.4 Å². The number of carbonyl (C=O) groups excluding carboxylic acids is 2. The fourth-order valence-corrected chi connectivity index (χ4v) is 4.57. The minimum Gasteiger partial charge on any atom is -0.384 e. The van der Waals surface area contributed by atoms with Crippen LogP contribution in [0.5, 0.6) is 0 Å². The Labute approximate surface area is 194 Å². The van der Waals surface area contributed by atoms with E-state index in [1.54, 1.807) is 7.11 Å². The monoisotopic (exact) mass is 448 g/mol. The molecule has 1 aliphatic heterocycles. The zero-order valence-corrected chi connectivity index (χ0v) is 19.2. The summed E-state index contributed by atoms with van der Waals surface area (Å²) >= 11 is 0. The zero-order chi connectivity index (χ0) is 23.0. The molecule has 1 unspecified atom stereocenters. The molecule has 7 nitrogen and oxygen atoms in total. The summed E-state index contributed by atoms with van der Waals surface area (Å²) < 4.78 is 4.93. The lowest BCUT2D eigenvalue weighted by Gasteiger charge is -2.22. The maximum absolute atomic E-state index is 13.3. The van der Waals surface area contributed by atoms with E-state index in [1.807, 2.05) is 42.6 Å². The molecule has 0 spiro atoms. The molecule has 0 saturated heterocycles. The Kier molecular flexibility index (Phi) is 7.73. The van der Waals surface area contributed by atoms with Crippen LogP contribution >= 0.6 is 0 Å². The Balaban J connectivity index is 1.48. The maximum Gasteiger partial charge on any atom is 0.222 e. The van der Waals surface area contributed by atoms with Gasteiger partial charge in [-0.1, -0.05) is 18.2 Å². The number of nitrogens with zero attached hydrogens (tertiary/aromatic N) is 1. The number of benzene rings is 1. The summed E-state index contributed by atoms with van der Waals surface area (Å²) in [6.45, 7) is 1.82. The smallest absolute Gasteiger partial charge is 0.222 e. The number of para-hydroxylation sites is 1. The average molecular weight is 449 g/mol. The summed E-state index contributed by atoms with van der Waals surface area (Å²) in [6, 6.07) is 9.97. The Morgan fingerprint density at radius 3 is 2.85 bits per heavy atom. The summed E-state index contributed by atoms with van der Waals surface area (Å²) in [5.74, 6) is 0.462. The predicted molar refractivity (Wildman–Crippen MR) is 131 cm³/mol. The first-order valence-corrected chi connectivity index (χ1v) is 11.7. The van der Waals surface area contributed by atoms with Crippen LogP contribution < -0.4 is 10.6 Å². The van der Waals surface area contributed by atoms with Gasteiger partial charge in [0, 0.05) is 50.6 Å². The Morgan fingerprint density at radius 2 is 2.09 bits per heavy atom. The quantitative estimate of drug-likeness (QED) is 0.473. The van der Waals surface area contributed by atoms with Crippen molar-refractivity contribution in [3.05, 3.63) is 53.4 Å².